The number of halogens is 2. The lowest BCUT2D eigenvalue weighted by atomic mass is 10.0. The molecule has 0 radical (unpaired) electrons. The highest BCUT2D eigenvalue weighted by atomic mass is 35.5. The Kier molecular flexibility index (Phi) is 7.96. The standard InChI is InChI=1S/C23H29Cl2N3O/c1-3-26-19-11-12-28(15-19)16-22(18-7-5-4-6-8-18)27(2)23(29)14-17-9-10-20(24)21(25)13-17/h4-10,13,19,22,26H,3,11-12,14-16H2,1-2H3/t19-,22+/m0/s1. The molecule has 156 valence electrons. The Hall–Kier alpha value is -1.59. The summed E-state index contributed by atoms with van der Waals surface area (Å²) in [4.78, 5) is 17.4. The summed E-state index contributed by atoms with van der Waals surface area (Å²) in [6.07, 6.45) is 1.45. The summed E-state index contributed by atoms with van der Waals surface area (Å²) < 4.78 is 0. The highest BCUT2D eigenvalue weighted by molar-refractivity contribution is 6.42. The van der Waals surface area contributed by atoms with Crippen molar-refractivity contribution in [2.75, 3.05) is 33.2 Å². The van der Waals surface area contributed by atoms with Gasteiger partial charge in [0.2, 0.25) is 5.91 Å². The second kappa shape index (κ2) is 10.4. The van der Waals surface area contributed by atoms with Gasteiger partial charge in [0.15, 0.2) is 0 Å². The fraction of sp³-hybridized carbons (Fsp3) is 0.435. The predicted octanol–water partition coefficient (Wildman–Crippen LogP) is 4.42. The molecule has 1 heterocycles. The molecule has 1 aliphatic heterocycles. The van der Waals surface area contributed by atoms with Gasteiger partial charge >= 0.3 is 0 Å². The summed E-state index contributed by atoms with van der Waals surface area (Å²) in [6, 6.07) is 16.2. The molecule has 0 bridgehead atoms. The van der Waals surface area contributed by atoms with Gasteiger partial charge in [-0.25, -0.2) is 0 Å². The Balaban J connectivity index is 1.72. The summed E-state index contributed by atoms with van der Waals surface area (Å²) in [7, 11) is 1.90. The van der Waals surface area contributed by atoms with Crippen molar-refractivity contribution in [3.63, 3.8) is 0 Å². The molecule has 1 fully saturated rings. The first-order chi connectivity index (χ1) is 14.0. The van der Waals surface area contributed by atoms with Crippen LogP contribution in [0.3, 0.4) is 0 Å². The van der Waals surface area contributed by atoms with E-state index in [1.807, 2.05) is 36.2 Å². The van der Waals surface area contributed by atoms with E-state index in [-0.39, 0.29) is 11.9 Å². The average Bonchev–Trinajstić information content (AvgIpc) is 3.16. The third-order valence-electron chi connectivity index (χ3n) is 5.58. The predicted molar refractivity (Wildman–Crippen MR) is 121 cm³/mol. The van der Waals surface area contributed by atoms with Gasteiger partial charge in [0.1, 0.15) is 0 Å². The molecule has 2 aromatic rings. The highest BCUT2D eigenvalue weighted by Crippen LogP contribution is 2.26. The number of hydrogen-bond acceptors (Lipinski definition) is 3. The van der Waals surface area contributed by atoms with Crippen molar-refractivity contribution >= 4 is 29.1 Å². The van der Waals surface area contributed by atoms with Gasteiger partial charge < -0.3 is 10.2 Å². The maximum Gasteiger partial charge on any atom is 0.227 e. The van der Waals surface area contributed by atoms with Crippen LogP contribution in [0.25, 0.3) is 0 Å². The first kappa shape index (κ1) is 22.1. The molecule has 29 heavy (non-hydrogen) atoms. The van der Waals surface area contributed by atoms with Crippen LogP contribution in [-0.2, 0) is 11.2 Å². The molecule has 1 saturated heterocycles. The Morgan fingerprint density at radius 3 is 2.66 bits per heavy atom. The minimum Gasteiger partial charge on any atom is -0.337 e. The lowest BCUT2D eigenvalue weighted by Crippen LogP contribution is -2.40. The van der Waals surface area contributed by atoms with Crippen LogP contribution in [0.4, 0.5) is 0 Å². The minimum atomic E-state index is 0.00634. The zero-order chi connectivity index (χ0) is 20.8. The first-order valence-electron chi connectivity index (χ1n) is 10.2. The van der Waals surface area contributed by atoms with Crippen molar-refractivity contribution in [1.82, 2.24) is 15.1 Å². The molecular formula is C23H29Cl2N3O. The maximum absolute atomic E-state index is 13.1. The average molecular weight is 434 g/mol. The zero-order valence-corrected chi connectivity index (χ0v) is 18.6. The summed E-state index contributed by atoms with van der Waals surface area (Å²) in [6.45, 7) is 6.03. The number of carbonyl (C=O) groups excluding carboxylic acids is 1. The molecule has 0 spiro atoms. The number of carbonyl (C=O) groups is 1. The van der Waals surface area contributed by atoms with Gasteiger partial charge in [-0.3, -0.25) is 9.69 Å². The third-order valence-corrected chi connectivity index (χ3v) is 6.32. The van der Waals surface area contributed by atoms with Gasteiger partial charge in [0, 0.05) is 26.2 Å². The van der Waals surface area contributed by atoms with Crippen LogP contribution >= 0.6 is 23.2 Å². The van der Waals surface area contributed by atoms with Gasteiger partial charge in [0.25, 0.3) is 0 Å². The summed E-state index contributed by atoms with van der Waals surface area (Å²) in [5, 5.41) is 4.52. The molecule has 2 atom stereocenters. The van der Waals surface area contributed by atoms with E-state index < -0.39 is 0 Å². The van der Waals surface area contributed by atoms with Gasteiger partial charge in [-0.1, -0.05) is 66.5 Å². The largest absolute Gasteiger partial charge is 0.337 e. The summed E-state index contributed by atoms with van der Waals surface area (Å²) >= 11 is 12.1. The number of rotatable bonds is 8. The van der Waals surface area contributed by atoms with Crippen molar-refractivity contribution in [2.24, 2.45) is 0 Å². The SMILES string of the molecule is CCN[C@H]1CCN(C[C@H](c2ccccc2)N(C)C(=O)Cc2ccc(Cl)c(Cl)c2)C1. The van der Waals surface area contributed by atoms with E-state index in [0.717, 1.165) is 43.7 Å². The van der Waals surface area contributed by atoms with E-state index in [1.54, 1.807) is 12.1 Å². The highest BCUT2D eigenvalue weighted by Gasteiger charge is 2.28. The number of likely N-dealkylation sites (tertiary alicyclic amines) is 1. The van der Waals surface area contributed by atoms with Gasteiger partial charge in [-0.05, 0) is 42.8 Å². The second-order valence-electron chi connectivity index (χ2n) is 7.66. The van der Waals surface area contributed by atoms with Crippen LogP contribution in [0, 0.1) is 0 Å². The van der Waals surface area contributed by atoms with Crippen LogP contribution in [0.5, 0.6) is 0 Å². The van der Waals surface area contributed by atoms with Crippen LogP contribution in [-0.4, -0.2) is 55.0 Å². The topological polar surface area (TPSA) is 35.6 Å². The molecule has 1 aliphatic rings. The number of nitrogens with one attached hydrogen (secondary N) is 1. The van der Waals surface area contributed by atoms with E-state index in [4.69, 9.17) is 23.2 Å². The molecule has 4 nitrogen and oxygen atoms in total. The molecule has 0 saturated carbocycles. The van der Waals surface area contributed by atoms with Crippen molar-refractivity contribution < 1.29 is 4.79 Å². The number of amides is 1. The number of benzene rings is 2. The fourth-order valence-electron chi connectivity index (χ4n) is 3.95. The van der Waals surface area contributed by atoms with Crippen molar-refractivity contribution in [3.8, 4) is 0 Å². The van der Waals surface area contributed by atoms with Crippen molar-refractivity contribution in [3.05, 3.63) is 69.7 Å². The normalized spacial score (nSPS) is 18.0. The number of hydrogen-bond donors (Lipinski definition) is 1. The lowest BCUT2D eigenvalue weighted by Gasteiger charge is -2.32. The summed E-state index contributed by atoms with van der Waals surface area (Å²) in [5.41, 5.74) is 2.03. The van der Waals surface area contributed by atoms with Crippen molar-refractivity contribution in [2.45, 2.75) is 31.8 Å². The second-order valence-corrected chi connectivity index (χ2v) is 8.47. The molecule has 3 rings (SSSR count). The summed E-state index contributed by atoms with van der Waals surface area (Å²) in [5.74, 6) is 0.0691. The van der Waals surface area contributed by atoms with E-state index in [0.29, 0.717) is 22.5 Å². The lowest BCUT2D eigenvalue weighted by molar-refractivity contribution is -0.131. The number of likely N-dealkylation sites (N-methyl/N-ethyl adjacent to an activating group) is 2. The first-order valence-corrected chi connectivity index (χ1v) is 10.9. The Labute approximate surface area is 183 Å². The minimum absolute atomic E-state index is 0.00634. The Bertz CT molecular complexity index is 815. The third kappa shape index (κ3) is 5.95. The van der Waals surface area contributed by atoms with E-state index in [1.165, 1.54) is 0 Å². The van der Waals surface area contributed by atoms with Crippen LogP contribution in [0.2, 0.25) is 10.0 Å². The monoisotopic (exact) mass is 433 g/mol. The fourth-order valence-corrected chi connectivity index (χ4v) is 4.27. The molecule has 2 aromatic carbocycles. The Morgan fingerprint density at radius 1 is 1.21 bits per heavy atom. The van der Waals surface area contributed by atoms with Gasteiger partial charge in [-0.2, -0.15) is 0 Å². The van der Waals surface area contributed by atoms with Crippen LogP contribution in [0.15, 0.2) is 48.5 Å². The van der Waals surface area contributed by atoms with Gasteiger partial charge in [-0.15, -0.1) is 0 Å². The molecule has 1 amide bonds. The zero-order valence-electron chi connectivity index (χ0n) is 17.1. The molecule has 0 aliphatic carbocycles. The van der Waals surface area contributed by atoms with Crippen LogP contribution in [0.1, 0.15) is 30.5 Å². The molecule has 0 aromatic heterocycles. The van der Waals surface area contributed by atoms with E-state index >= 15 is 0 Å². The Morgan fingerprint density at radius 2 is 1.97 bits per heavy atom. The molecular weight excluding hydrogens is 405 g/mol. The van der Waals surface area contributed by atoms with E-state index in [2.05, 4.69) is 29.3 Å². The smallest absolute Gasteiger partial charge is 0.227 e. The molecule has 1 N–H and O–H groups in total. The van der Waals surface area contributed by atoms with Crippen LogP contribution < -0.4 is 5.32 Å². The van der Waals surface area contributed by atoms with E-state index in [9.17, 15) is 4.79 Å². The maximum atomic E-state index is 13.1. The molecule has 6 heteroatoms. The quantitative estimate of drug-likeness (QED) is 0.668. The van der Waals surface area contributed by atoms with Gasteiger partial charge in [0.05, 0.1) is 22.5 Å². The molecule has 0 unspecified atom stereocenters. The number of nitrogens with zero attached hydrogens (tertiary/aromatic N) is 2. The van der Waals surface area contributed by atoms with Crippen molar-refractivity contribution in [1.29, 1.82) is 0 Å².